The summed E-state index contributed by atoms with van der Waals surface area (Å²) < 4.78 is 0. The molecule has 0 aromatic heterocycles. The normalized spacial score (nSPS) is 21.2. The van der Waals surface area contributed by atoms with Crippen LogP contribution in [0.5, 0.6) is 0 Å². The second kappa shape index (κ2) is 4.61. The first-order valence-corrected chi connectivity index (χ1v) is 5.55. The van der Waals surface area contributed by atoms with Crippen LogP contribution in [0.2, 0.25) is 0 Å². The summed E-state index contributed by atoms with van der Waals surface area (Å²) >= 11 is 0. The van der Waals surface area contributed by atoms with Gasteiger partial charge in [0.15, 0.2) is 0 Å². The molecule has 0 bridgehead atoms. The number of hydrogen-bond acceptors (Lipinski definition) is 3. The van der Waals surface area contributed by atoms with Crippen LogP contribution in [0.1, 0.15) is 12.8 Å². The number of nitrogens with one attached hydrogen (secondary N) is 2. The van der Waals surface area contributed by atoms with Crippen molar-refractivity contribution in [2.75, 3.05) is 32.7 Å². The maximum atomic E-state index is 11.6. The van der Waals surface area contributed by atoms with E-state index < -0.39 is 5.91 Å². The van der Waals surface area contributed by atoms with E-state index in [1.807, 2.05) is 0 Å². The minimum Gasteiger partial charge on any atom is -0.348 e. The first kappa shape index (κ1) is 10.4. The molecular weight excluding hydrogens is 194 g/mol. The van der Waals surface area contributed by atoms with Crippen LogP contribution >= 0.6 is 0 Å². The molecule has 2 fully saturated rings. The van der Waals surface area contributed by atoms with Gasteiger partial charge in [-0.05, 0) is 18.8 Å². The van der Waals surface area contributed by atoms with E-state index in [-0.39, 0.29) is 5.91 Å². The zero-order valence-corrected chi connectivity index (χ0v) is 8.79. The highest BCUT2D eigenvalue weighted by Crippen LogP contribution is 2.27. The highest BCUT2D eigenvalue weighted by Gasteiger charge is 2.26. The number of carbonyl (C=O) groups is 2. The summed E-state index contributed by atoms with van der Waals surface area (Å²) in [5.41, 5.74) is 0. The molecule has 15 heavy (non-hydrogen) atoms. The van der Waals surface area contributed by atoms with Gasteiger partial charge in [-0.3, -0.25) is 9.59 Å². The van der Waals surface area contributed by atoms with Crippen molar-refractivity contribution >= 4 is 11.8 Å². The predicted octanol–water partition coefficient (Wildman–Crippen LogP) is -1.06. The lowest BCUT2D eigenvalue weighted by Gasteiger charge is -2.26. The maximum Gasteiger partial charge on any atom is 0.311 e. The Bertz CT molecular complexity index is 257. The third-order valence-corrected chi connectivity index (χ3v) is 2.85. The number of amides is 2. The van der Waals surface area contributed by atoms with Crippen LogP contribution in [0.15, 0.2) is 0 Å². The molecule has 1 heterocycles. The lowest BCUT2D eigenvalue weighted by molar-refractivity contribution is -0.146. The number of carbonyl (C=O) groups excluding carboxylic acids is 2. The number of rotatable bonds is 2. The fourth-order valence-corrected chi connectivity index (χ4v) is 1.65. The summed E-state index contributed by atoms with van der Waals surface area (Å²) in [5.74, 6) is -0.203. The molecule has 0 atom stereocenters. The van der Waals surface area contributed by atoms with Crippen molar-refractivity contribution in [2.24, 2.45) is 5.92 Å². The van der Waals surface area contributed by atoms with Crippen molar-refractivity contribution in [1.82, 2.24) is 15.5 Å². The zero-order chi connectivity index (χ0) is 10.7. The van der Waals surface area contributed by atoms with E-state index in [0.29, 0.717) is 25.6 Å². The molecule has 5 heteroatoms. The smallest absolute Gasteiger partial charge is 0.311 e. The van der Waals surface area contributed by atoms with Crippen LogP contribution in [0.25, 0.3) is 0 Å². The second-order valence-electron chi connectivity index (χ2n) is 4.20. The van der Waals surface area contributed by atoms with Crippen molar-refractivity contribution in [3.63, 3.8) is 0 Å². The average Bonchev–Trinajstić information content (AvgIpc) is 3.10. The molecule has 0 aromatic carbocycles. The van der Waals surface area contributed by atoms with E-state index in [1.54, 1.807) is 4.90 Å². The third-order valence-electron chi connectivity index (χ3n) is 2.85. The lowest BCUT2D eigenvalue weighted by Crippen LogP contribution is -2.51. The van der Waals surface area contributed by atoms with Gasteiger partial charge in [0.1, 0.15) is 0 Å². The molecular formula is C10H17N3O2. The first-order chi connectivity index (χ1) is 7.27. The summed E-state index contributed by atoms with van der Waals surface area (Å²) in [5, 5.41) is 5.83. The molecule has 1 saturated carbocycles. The summed E-state index contributed by atoms with van der Waals surface area (Å²) in [4.78, 5) is 24.7. The Morgan fingerprint density at radius 3 is 2.53 bits per heavy atom. The van der Waals surface area contributed by atoms with Crippen LogP contribution in [0.3, 0.4) is 0 Å². The van der Waals surface area contributed by atoms with Gasteiger partial charge < -0.3 is 15.5 Å². The van der Waals surface area contributed by atoms with E-state index in [4.69, 9.17) is 0 Å². The Hall–Kier alpha value is -1.10. The Morgan fingerprint density at radius 1 is 1.27 bits per heavy atom. The highest BCUT2D eigenvalue weighted by molar-refractivity contribution is 6.35. The standard InChI is InChI=1S/C10H17N3O2/c14-9(12-7-8-1-2-8)10(15)13-5-3-11-4-6-13/h8,11H,1-7H2,(H,12,14). The van der Waals surface area contributed by atoms with Crippen LogP contribution in [-0.4, -0.2) is 49.4 Å². The molecule has 0 unspecified atom stereocenters. The van der Waals surface area contributed by atoms with Gasteiger partial charge in [0.2, 0.25) is 0 Å². The Morgan fingerprint density at radius 2 is 1.93 bits per heavy atom. The van der Waals surface area contributed by atoms with Crippen molar-refractivity contribution in [2.45, 2.75) is 12.8 Å². The SMILES string of the molecule is O=C(NCC1CC1)C(=O)N1CCNCC1. The third kappa shape index (κ3) is 2.92. The molecule has 0 radical (unpaired) electrons. The molecule has 2 rings (SSSR count). The number of nitrogens with zero attached hydrogens (tertiary/aromatic N) is 1. The quantitative estimate of drug-likeness (QED) is 0.573. The second-order valence-corrected chi connectivity index (χ2v) is 4.20. The minimum absolute atomic E-state index is 0.378. The van der Waals surface area contributed by atoms with Gasteiger partial charge >= 0.3 is 11.8 Å². The van der Waals surface area contributed by atoms with Crippen LogP contribution in [0, 0.1) is 5.92 Å². The first-order valence-electron chi connectivity index (χ1n) is 5.55. The monoisotopic (exact) mass is 211 g/mol. The largest absolute Gasteiger partial charge is 0.348 e. The highest BCUT2D eigenvalue weighted by atomic mass is 16.2. The summed E-state index contributed by atoms with van der Waals surface area (Å²) in [6.07, 6.45) is 2.37. The van der Waals surface area contributed by atoms with Crippen LogP contribution < -0.4 is 10.6 Å². The van der Waals surface area contributed by atoms with E-state index in [9.17, 15) is 9.59 Å². The van der Waals surface area contributed by atoms with Gasteiger partial charge in [-0.1, -0.05) is 0 Å². The van der Waals surface area contributed by atoms with Crippen molar-refractivity contribution in [3.8, 4) is 0 Å². The molecule has 2 N–H and O–H groups in total. The van der Waals surface area contributed by atoms with Crippen LogP contribution in [-0.2, 0) is 9.59 Å². The lowest BCUT2D eigenvalue weighted by atomic mass is 10.3. The van der Waals surface area contributed by atoms with Gasteiger partial charge in [-0.25, -0.2) is 0 Å². The number of hydrogen-bond donors (Lipinski definition) is 2. The molecule has 1 aliphatic heterocycles. The average molecular weight is 211 g/mol. The fraction of sp³-hybridized carbons (Fsp3) is 0.800. The van der Waals surface area contributed by atoms with Gasteiger partial charge in [0.25, 0.3) is 0 Å². The number of piperazine rings is 1. The van der Waals surface area contributed by atoms with Gasteiger partial charge in [-0.2, -0.15) is 0 Å². The van der Waals surface area contributed by atoms with E-state index in [0.717, 1.165) is 13.1 Å². The molecule has 5 nitrogen and oxygen atoms in total. The Labute approximate surface area is 89.2 Å². The maximum absolute atomic E-state index is 11.6. The Balaban J connectivity index is 1.74. The molecule has 1 saturated heterocycles. The van der Waals surface area contributed by atoms with E-state index in [1.165, 1.54) is 12.8 Å². The van der Waals surface area contributed by atoms with Gasteiger partial charge in [-0.15, -0.1) is 0 Å². The molecule has 84 valence electrons. The fourth-order valence-electron chi connectivity index (χ4n) is 1.65. The zero-order valence-electron chi connectivity index (χ0n) is 8.79. The van der Waals surface area contributed by atoms with E-state index >= 15 is 0 Å². The molecule has 2 amide bonds. The summed E-state index contributed by atoms with van der Waals surface area (Å²) in [7, 11) is 0. The predicted molar refractivity (Wildman–Crippen MR) is 55.2 cm³/mol. The summed E-state index contributed by atoms with van der Waals surface area (Å²) in [6, 6.07) is 0. The molecule has 0 spiro atoms. The van der Waals surface area contributed by atoms with E-state index in [2.05, 4.69) is 10.6 Å². The van der Waals surface area contributed by atoms with Crippen molar-refractivity contribution in [1.29, 1.82) is 0 Å². The van der Waals surface area contributed by atoms with Gasteiger partial charge in [0.05, 0.1) is 0 Å². The molecule has 1 aliphatic carbocycles. The Kier molecular flexibility index (Phi) is 3.20. The molecule has 2 aliphatic rings. The van der Waals surface area contributed by atoms with Crippen molar-refractivity contribution in [3.05, 3.63) is 0 Å². The van der Waals surface area contributed by atoms with Crippen molar-refractivity contribution < 1.29 is 9.59 Å². The molecule has 0 aromatic rings. The minimum atomic E-state index is -0.441. The van der Waals surface area contributed by atoms with Gasteiger partial charge in [0, 0.05) is 32.7 Å². The summed E-state index contributed by atoms with van der Waals surface area (Å²) in [6.45, 7) is 3.49. The topological polar surface area (TPSA) is 61.4 Å². The van der Waals surface area contributed by atoms with Crippen LogP contribution in [0.4, 0.5) is 0 Å².